The van der Waals surface area contributed by atoms with Crippen LogP contribution in [0.15, 0.2) is 49.3 Å². The highest BCUT2D eigenvalue weighted by molar-refractivity contribution is 8.03. The van der Waals surface area contributed by atoms with Crippen molar-refractivity contribution in [2.75, 3.05) is 0 Å². The maximum atomic E-state index is 11.4. The standard InChI is InChI=1S/C16H10Cl2N2O4S/c1-8-19-20-16(23-8)25-14(15(21)22)7-10-3-5-13(24-10)9-2-4-11(17)12(18)6-9/h2-7H,1H3,(H,21,22)/b14-7-. The van der Waals surface area contributed by atoms with Gasteiger partial charge in [0.25, 0.3) is 5.22 Å². The Bertz CT molecular complexity index is 965. The van der Waals surface area contributed by atoms with E-state index in [1.807, 2.05) is 0 Å². The minimum atomic E-state index is -1.13. The van der Waals surface area contributed by atoms with Gasteiger partial charge in [0.15, 0.2) is 0 Å². The first-order valence-corrected chi connectivity index (χ1v) is 8.48. The number of aliphatic carboxylic acids is 1. The lowest BCUT2D eigenvalue weighted by Crippen LogP contribution is -1.96. The van der Waals surface area contributed by atoms with Crippen LogP contribution in [0.1, 0.15) is 11.7 Å². The molecule has 0 unspecified atom stereocenters. The maximum Gasteiger partial charge on any atom is 0.342 e. The van der Waals surface area contributed by atoms with E-state index in [2.05, 4.69) is 10.2 Å². The molecule has 0 saturated carbocycles. The van der Waals surface area contributed by atoms with Crippen LogP contribution in [0.2, 0.25) is 10.0 Å². The Balaban J connectivity index is 1.87. The highest BCUT2D eigenvalue weighted by Gasteiger charge is 2.15. The molecule has 128 valence electrons. The lowest BCUT2D eigenvalue weighted by Gasteiger charge is -2.00. The number of aryl methyl sites for hydroxylation is 1. The van der Waals surface area contributed by atoms with Crippen molar-refractivity contribution < 1.29 is 18.7 Å². The summed E-state index contributed by atoms with van der Waals surface area (Å²) in [6, 6.07) is 8.46. The molecule has 0 amide bonds. The smallest absolute Gasteiger partial charge is 0.342 e. The zero-order chi connectivity index (χ0) is 18.0. The van der Waals surface area contributed by atoms with E-state index >= 15 is 0 Å². The molecule has 0 aliphatic rings. The fraction of sp³-hybridized carbons (Fsp3) is 0.0625. The number of rotatable bonds is 5. The van der Waals surface area contributed by atoms with Crippen molar-refractivity contribution in [3.8, 4) is 11.3 Å². The summed E-state index contributed by atoms with van der Waals surface area (Å²) in [6.45, 7) is 1.62. The molecule has 0 radical (unpaired) electrons. The summed E-state index contributed by atoms with van der Waals surface area (Å²) in [6.07, 6.45) is 1.38. The molecular formula is C16H10Cl2N2O4S. The summed E-state index contributed by atoms with van der Waals surface area (Å²) >= 11 is 12.7. The third-order valence-electron chi connectivity index (χ3n) is 3.02. The van der Waals surface area contributed by atoms with Crippen molar-refractivity contribution in [3.63, 3.8) is 0 Å². The predicted octanol–water partition coefficient (Wildman–Crippen LogP) is 5.16. The highest BCUT2D eigenvalue weighted by atomic mass is 35.5. The third kappa shape index (κ3) is 4.25. The second-order valence-electron chi connectivity index (χ2n) is 4.83. The van der Waals surface area contributed by atoms with Crippen LogP contribution in [-0.4, -0.2) is 21.3 Å². The van der Waals surface area contributed by atoms with E-state index in [0.717, 1.165) is 17.3 Å². The lowest BCUT2D eigenvalue weighted by molar-refractivity contribution is -0.131. The number of benzene rings is 1. The van der Waals surface area contributed by atoms with Crippen LogP contribution in [0.4, 0.5) is 0 Å². The Morgan fingerprint density at radius 1 is 1.16 bits per heavy atom. The molecule has 3 rings (SSSR count). The fourth-order valence-corrected chi connectivity index (χ4v) is 2.91. The Morgan fingerprint density at radius 2 is 1.96 bits per heavy atom. The molecule has 0 aliphatic heterocycles. The van der Waals surface area contributed by atoms with Gasteiger partial charge in [-0.2, -0.15) is 0 Å². The zero-order valence-electron chi connectivity index (χ0n) is 12.7. The van der Waals surface area contributed by atoms with Gasteiger partial charge in [0, 0.05) is 18.6 Å². The number of halogens is 2. The molecule has 0 bridgehead atoms. The molecule has 1 aromatic carbocycles. The molecule has 2 aromatic heterocycles. The average Bonchev–Trinajstić information content (AvgIpc) is 3.18. The Labute approximate surface area is 156 Å². The second-order valence-corrected chi connectivity index (χ2v) is 6.64. The van der Waals surface area contributed by atoms with Crippen molar-refractivity contribution >= 4 is 47.0 Å². The number of hydrogen-bond acceptors (Lipinski definition) is 6. The summed E-state index contributed by atoms with van der Waals surface area (Å²) in [4.78, 5) is 11.4. The highest BCUT2D eigenvalue weighted by Crippen LogP contribution is 2.32. The van der Waals surface area contributed by atoms with E-state index in [0.29, 0.717) is 27.5 Å². The molecule has 25 heavy (non-hydrogen) atoms. The van der Waals surface area contributed by atoms with E-state index in [-0.39, 0.29) is 10.1 Å². The number of nitrogens with zero attached hydrogens (tertiary/aromatic N) is 2. The van der Waals surface area contributed by atoms with E-state index in [4.69, 9.17) is 32.0 Å². The Hall–Kier alpha value is -2.22. The normalized spacial score (nSPS) is 11.7. The van der Waals surface area contributed by atoms with E-state index in [1.165, 1.54) is 6.08 Å². The van der Waals surface area contributed by atoms with Crippen LogP contribution in [-0.2, 0) is 4.79 Å². The summed E-state index contributed by atoms with van der Waals surface area (Å²) in [5.74, 6) is 0.121. The van der Waals surface area contributed by atoms with E-state index < -0.39 is 5.97 Å². The van der Waals surface area contributed by atoms with Gasteiger partial charge < -0.3 is 13.9 Å². The summed E-state index contributed by atoms with van der Waals surface area (Å²) in [5, 5.41) is 17.8. The molecule has 0 atom stereocenters. The molecule has 0 spiro atoms. The predicted molar refractivity (Wildman–Crippen MR) is 94.7 cm³/mol. The SMILES string of the molecule is Cc1nnc(S/C(=C\c2ccc(-c3ccc(Cl)c(Cl)c3)o2)C(=O)O)o1. The Morgan fingerprint density at radius 3 is 2.60 bits per heavy atom. The van der Waals surface area contributed by atoms with Crippen LogP contribution in [0.25, 0.3) is 17.4 Å². The molecule has 1 N–H and O–H groups in total. The van der Waals surface area contributed by atoms with Gasteiger partial charge in [-0.25, -0.2) is 4.79 Å². The first-order valence-electron chi connectivity index (χ1n) is 6.90. The van der Waals surface area contributed by atoms with Crippen molar-refractivity contribution in [1.82, 2.24) is 10.2 Å². The lowest BCUT2D eigenvalue weighted by atomic mass is 10.2. The van der Waals surface area contributed by atoms with Crippen molar-refractivity contribution in [1.29, 1.82) is 0 Å². The summed E-state index contributed by atoms with van der Waals surface area (Å²) in [5.41, 5.74) is 0.728. The van der Waals surface area contributed by atoms with Crippen molar-refractivity contribution in [2.24, 2.45) is 0 Å². The molecule has 0 saturated heterocycles. The van der Waals surface area contributed by atoms with Gasteiger partial charge in [0.05, 0.1) is 10.0 Å². The van der Waals surface area contributed by atoms with Crippen LogP contribution in [0.3, 0.4) is 0 Å². The van der Waals surface area contributed by atoms with Gasteiger partial charge in [-0.1, -0.05) is 23.2 Å². The molecule has 2 heterocycles. The molecule has 3 aromatic rings. The number of aromatic nitrogens is 2. The van der Waals surface area contributed by atoms with Crippen LogP contribution in [0.5, 0.6) is 0 Å². The van der Waals surface area contributed by atoms with E-state index in [9.17, 15) is 9.90 Å². The first kappa shape index (κ1) is 17.6. The minimum absolute atomic E-state index is 0.0151. The van der Waals surface area contributed by atoms with Crippen LogP contribution >= 0.6 is 35.0 Å². The first-order chi connectivity index (χ1) is 11.9. The van der Waals surface area contributed by atoms with Crippen LogP contribution in [0, 0.1) is 6.92 Å². The van der Waals surface area contributed by atoms with Gasteiger partial charge in [-0.15, -0.1) is 10.2 Å². The number of carbonyl (C=O) groups is 1. The Kier molecular flexibility index (Phi) is 5.17. The molecular weight excluding hydrogens is 387 g/mol. The number of furan rings is 1. The number of carboxylic acids is 1. The summed E-state index contributed by atoms with van der Waals surface area (Å²) < 4.78 is 10.8. The van der Waals surface area contributed by atoms with Gasteiger partial charge in [0.1, 0.15) is 16.4 Å². The minimum Gasteiger partial charge on any atom is -0.477 e. The average molecular weight is 397 g/mol. The second kappa shape index (κ2) is 7.35. The van der Waals surface area contributed by atoms with Gasteiger partial charge in [0.2, 0.25) is 5.89 Å². The maximum absolute atomic E-state index is 11.4. The van der Waals surface area contributed by atoms with E-state index in [1.54, 1.807) is 37.3 Å². The molecule has 9 heteroatoms. The molecule has 6 nitrogen and oxygen atoms in total. The fourth-order valence-electron chi connectivity index (χ4n) is 1.91. The van der Waals surface area contributed by atoms with Crippen molar-refractivity contribution in [2.45, 2.75) is 12.1 Å². The quantitative estimate of drug-likeness (QED) is 0.470. The number of hydrogen-bond donors (Lipinski definition) is 1. The topological polar surface area (TPSA) is 89.4 Å². The van der Waals surface area contributed by atoms with Gasteiger partial charge in [-0.05, 0) is 42.1 Å². The monoisotopic (exact) mass is 396 g/mol. The van der Waals surface area contributed by atoms with Crippen molar-refractivity contribution in [3.05, 3.63) is 56.9 Å². The molecule has 0 fully saturated rings. The largest absolute Gasteiger partial charge is 0.477 e. The zero-order valence-corrected chi connectivity index (χ0v) is 15.0. The van der Waals surface area contributed by atoms with Gasteiger partial charge in [-0.3, -0.25) is 0 Å². The van der Waals surface area contributed by atoms with Crippen LogP contribution < -0.4 is 0 Å². The number of carboxylic acid groups (broad SMARTS) is 1. The molecule has 0 aliphatic carbocycles. The summed E-state index contributed by atoms with van der Waals surface area (Å²) in [7, 11) is 0. The van der Waals surface area contributed by atoms with Gasteiger partial charge >= 0.3 is 5.97 Å². The third-order valence-corrected chi connectivity index (χ3v) is 4.61. The number of thioether (sulfide) groups is 1.